The van der Waals surface area contributed by atoms with Gasteiger partial charge in [-0.05, 0) is 12.1 Å². The van der Waals surface area contributed by atoms with Crippen LogP contribution in [0.2, 0.25) is 0 Å². The van der Waals surface area contributed by atoms with Crippen LogP contribution in [0.25, 0.3) is 0 Å². The maximum Gasteiger partial charge on any atom is 0.278 e. The molecule has 1 aromatic rings. The first kappa shape index (κ1) is 13.0. The van der Waals surface area contributed by atoms with Crippen LogP contribution in [0.15, 0.2) is 30.3 Å². The zero-order valence-corrected chi connectivity index (χ0v) is 10.3. The van der Waals surface area contributed by atoms with Gasteiger partial charge in [0.15, 0.2) is 0 Å². The maximum atomic E-state index is 11.3. The van der Waals surface area contributed by atoms with Crippen molar-refractivity contribution in [3.8, 4) is 0 Å². The number of nitrogens with one attached hydrogen (secondary N) is 2. The van der Waals surface area contributed by atoms with E-state index in [0.717, 1.165) is 9.99 Å². The summed E-state index contributed by atoms with van der Waals surface area (Å²) in [6, 6.07) is 9.64. The van der Waals surface area contributed by atoms with Crippen molar-refractivity contribution >= 4 is 15.9 Å². The molecule has 0 fully saturated rings. The van der Waals surface area contributed by atoms with Gasteiger partial charge in [-0.1, -0.05) is 18.2 Å². The molecule has 0 aliphatic rings. The number of nitrogens with zero attached hydrogens (tertiary/aromatic N) is 1. The summed E-state index contributed by atoms with van der Waals surface area (Å²) in [6.07, 6.45) is 0. The van der Waals surface area contributed by atoms with E-state index in [9.17, 15) is 8.42 Å². The molecule has 16 heavy (non-hydrogen) atoms. The second-order valence-corrected chi connectivity index (χ2v) is 5.44. The molecule has 6 heteroatoms. The second kappa shape index (κ2) is 5.83. The molecule has 0 bridgehead atoms. The SMILES string of the molecule is CN(C)S(=O)(=O)NCCNc1ccccc1. The van der Waals surface area contributed by atoms with E-state index in [1.165, 1.54) is 14.1 Å². The minimum atomic E-state index is -3.31. The minimum Gasteiger partial charge on any atom is -0.384 e. The topological polar surface area (TPSA) is 61.4 Å². The molecular formula is C10H17N3O2S. The highest BCUT2D eigenvalue weighted by molar-refractivity contribution is 7.87. The summed E-state index contributed by atoms with van der Waals surface area (Å²) in [5, 5.41) is 3.11. The van der Waals surface area contributed by atoms with Crippen molar-refractivity contribution in [2.75, 3.05) is 32.5 Å². The highest BCUT2D eigenvalue weighted by atomic mass is 32.2. The molecule has 0 unspecified atom stereocenters. The Bertz CT molecular complexity index is 403. The average molecular weight is 243 g/mol. The average Bonchev–Trinajstić information content (AvgIpc) is 2.26. The van der Waals surface area contributed by atoms with Gasteiger partial charge in [0.25, 0.3) is 10.2 Å². The van der Waals surface area contributed by atoms with E-state index in [-0.39, 0.29) is 0 Å². The maximum absolute atomic E-state index is 11.3. The molecule has 1 rings (SSSR count). The van der Waals surface area contributed by atoms with Crippen LogP contribution in [-0.4, -0.2) is 39.9 Å². The van der Waals surface area contributed by atoms with E-state index in [1.807, 2.05) is 30.3 Å². The van der Waals surface area contributed by atoms with Crippen LogP contribution < -0.4 is 10.0 Å². The van der Waals surface area contributed by atoms with Gasteiger partial charge in [-0.25, -0.2) is 4.72 Å². The number of rotatable bonds is 6. The number of benzene rings is 1. The van der Waals surface area contributed by atoms with E-state index >= 15 is 0 Å². The van der Waals surface area contributed by atoms with Crippen LogP contribution in [0, 0.1) is 0 Å². The van der Waals surface area contributed by atoms with Crippen LogP contribution in [0.3, 0.4) is 0 Å². The third-order valence-electron chi connectivity index (χ3n) is 1.99. The zero-order valence-electron chi connectivity index (χ0n) is 9.47. The van der Waals surface area contributed by atoms with Crippen LogP contribution in [-0.2, 0) is 10.2 Å². The first-order valence-corrected chi connectivity index (χ1v) is 6.42. The predicted octanol–water partition coefficient (Wildman–Crippen LogP) is 0.495. The standard InChI is InChI=1S/C10H17N3O2S/c1-13(2)16(14,15)12-9-8-11-10-6-4-3-5-7-10/h3-7,11-12H,8-9H2,1-2H3. The quantitative estimate of drug-likeness (QED) is 0.715. The fraction of sp³-hybridized carbons (Fsp3) is 0.400. The monoisotopic (exact) mass is 243 g/mol. The van der Waals surface area contributed by atoms with Crippen molar-refractivity contribution in [1.29, 1.82) is 0 Å². The molecule has 0 amide bonds. The Morgan fingerprint density at radius 3 is 2.31 bits per heavy atom. The molecule has 0 aromatic heterocycles. The van der Waals surface area contributed by atoms with Crippen LogP contribution >= 0.6 is 0 Å². The van der Waals surface area contributed by atoms with Gasteiger partial charge in [0.1, 0.15) is 0 Å². The van der Waals surface area contributed by atoms with Crippen LogP contribution in [0.4, 0.5) is 5.69 Å². The highest BCUT2D eigenvalue weighted by Crippen LogP contribution is 2.03. The zero-order chi connectivity index (χ0) is 12.0. The summed E-state index contributed by atoms with van der Waals surface area (Å²) in [7, 11) is -0.323. The fourth-order valence-corrected chi connectivity index (χ4v) is 1.69. The van der Waals surface area contributed by atoms with Crippen molar-refractivity contribution in [3.05, 3.63) is 30.3 Å². The third kappa shape index (κ3) is 4.18. The third-order valence-corrected chi connectivity index (χ3v) is 3.52. The van der Waals surface area contributed by atoms with Crippen molar-refractivity contribution in [3.63, 3.8) is 0 Å². The Morgan fingerprint density at radius 2 is 1.75 bits per heavy atom. The van der Waals surface area contributed by atoms with Crippen LogP contribution in [0.5, 0.6) is 0 Å². The summed E-state index contributed by atoms with van der Waals surface area (Å²) < 4.78 is 26.3. The lowest BCUT2D eigenvalue weighted by atomic mass is 10.3. The molecule has 2 N–H and O–H groups in total. The van der Waals surface area contributed by atoms with Gasteiger partial charge in [-0.2, -0.15) is 12.7 Å². The van der Waals surface area contributed by atoms with Crippen molar-refractivity contribution in [2.45, 2.75) is 0 Å². The van der Waals surface area contributed by atoms with E-state index in [0.29, 0.717) is 13.1 Å². The van der Waals surface area contributed by atoms with E-state index < -0.39 is 10.2 Å². The van der Waals surface area contributed by atoms with Crippen LogP contribution in [0.1, 0.15) is 0 Å². The Balaban J connectivity index is 2.28. The molecule has 90 valence electrons. The summed E-state index contributed by atoms with van der Waals surface area (Å²) in [5.74, 6) is 0. The molecular weight excluding hydrogens is 226 g/mol. The Kier molecular flexibility index (Phi) is 4.72. The van der Waals surface area contributed by atoms with Gasteiger partial charge in [-0.3, -0.25) is 0 Å². The summed E-state index contributed by atoms with van der Waals surface area (Å²) in [4.78, 5) is 0. The van der Waals surface area contributed by atoms with Gasteiger partial charge in [-0.15, -0.1) is 0 Å². The molecule has 0 saturated heterocycles. The first-order valence-electron chi connectivity index (χ1n) is 4.98. The molecule has 0 aliphatic carbocycles. The van der Waals surface area contributed by atoms with E-state index in [1.54, 1.807) is 0 Å². The number of hydrogen-bond acceptors (Lipinski definition) is 3. The Hall–Kier alpha value is -1.11. The second-order valence-electron chi connectivity index (χ2n) is 3.47. The first-order chi connectivity index (χ1) is 7.52. The number of para-hydroxylation sites is 1. The van der Waals surface area contributed by atoms with Crippen molar-refractivity contribution in [2.24, 2.45) is 0 Å². The lowest BCUT2D eigenvalue weighted by Crippen LogP contribution is -2.38. The molecule has 0 spiro atoms. The lowest BCUT2D eigenvalue weighted by Gasteiger charge is -2.12. The summed E-state index contributed by atoms with van der Waals surface area (Å²) in [6.45, 7) is 0.909. The van der Waals surface area contributed by atoms with Gasteiger partial charge < -0.3 is 5.32 Å². The lowest BCUT2D eigenvalue weighted by molar-refractivity contribution is 0.507. The minimum absolute atomic E-state index is 0.357. The highest BCUT2D eigenvalue weighted by Gasteiger charge is 2.10. The Morgan fingerprint density at radius 1 is 1.12 bits per heavy atom. The summed E-state index contributed by atoms with van der Waals surface area (Å²) in [5.41, 5.74) is 0.978. The van der Waals surface area contributed by atoms with E-state index in [2.05, 4.69) is 10.0 Å². The smallest absolute Gasteiger partial charge is 0.278 e. The summed E-state index contributed by atoms with van der Waals surface area (Å²) >= 11 is 0. The fourth-order valence-electron chi connectivity index (χ4n) is 1.07. The van der Waals surface area contributed by atoms with Gasteiger partial charge >= 0.3 is 0 Å². The molecule has 5 nitrogen and oxygen atoms in total. The van der Waals surface area contributed by atoms with Gasteiger partial charge in [0.05, 0.1) is 0 Å². The van der Waals surface area contributed by atoms with Crippen molar-refractivity contribution < 1.29 is 8.42 Å². The molecule has 0 radical (unpaired) electrons. The molecule has 1 aromatic carbocycles. The molecule has 0 atom stereocenters. The largest absolute Gasteiger partial charge is 0.384 e. The predicted molar refractivity (Wildman–Crippen MR) is 65.5 cm³/mol. The Labute approximate surface area is 96.6 Å². The molecule has 0 aliphatic heterocycles. The molecule has 0 heterocycles. The van der Waals surface area contributed by atoms with E-state index in [4.69, 9.17) is 0 Å². The normalized spacial score (nSPS) is 11.7. The van der Waals surface area contributed by atoms with Crippen molar-refractivity contribution in [1.82, 2.24) is 9.03 Å². The van der Waals surface area contributed by atoms with Gasteiger partial charge in [0, 0.05) is 32.9 Å². The number of anilines is 1. The molecule has 0 saturated carbocycles. The number of hydrogen-bond donors (Lipinski definition) is 2. The van der Waals surface area contributed by atoms with Gasteiger partial charge in [0.2, 0.25) is 0 Å².